The minimum atomic E-state index is -0.367. The van der Waals surface area contributed by atoms with Crippen molar-refractivity contribution in [3.8, 4) is 0 Å². The van der Waals surface area contributed by atoms with Crippen LogP contribution in [-0.2, 0) is 4.79 Å². The summed E-state index contributed by atoms with van der Waals surface area (Å²) in [6, 6.07) is 0. The molecule has 24 heavy (non-hydrogen) atoms. The molecule has 4 aliphatic carbocycles. The van der Waals surface area contributed by atoms with E-state index in [1.807, 2.05) is 0 Å². The van der Waals surface area contributed by atoms with Crippen molar-refractivity contribution in [3.05, 3.63) is 0 Å². The minimum Gasteiger partial charge on any atom is -0.393 e. The molecule has 3 nitrogen and oxygen atoms in total. The predicted octanol–water partition coefficient (Wildman–Crippen LogP) is 3.57. The molecule has 4 fully saturated rings. The molecule has 4 saturated carbocycles. The van der Waals surface area contributed by atoms with Gasteiger partial charge in [0.05, 0.1) is 12.2 Å². The molecule has 136 valence electrons. The zero-order valence-electron chi connectivity index (χ0n) is 15.5. The quantitative estimate of drug-likeness (QED) is 0.771. The molecule has 3 heteroatoms. The summed E-state index contributed by atoms with van der Waals surface area (Å²) in [5.74, 6) is 3.00. The van der Waals surface area contributed by atoms with Crippen LogP contribution in [0.25, 0.3) is 0 Å². The average molecular weight is 335 g/mol. The van der Waals surface area contributed by atoms with Crippen LogP contribution in [0.1, 0.15) is 72.1 Å². The molecule has 4 aliphatic rings. The summed E-state index contributed by atoms with van der Waals surface area (Å²) in [5, 5.41) is 21.0. The Kier molecular flexibility index (Phi) is 3.93. The summed E-state index contributed by atoms with van der Waals surface area (Å²) in [6.07, 6.45) is 7.66. The number of ketones is 1. The van der Waals surface area contributed by atoms with E-state index in [-0.39, 0.29) is 29.0 Å². The van der Waals surface area contributed by atoms with Gasteiger partial charge in [0.2, 0.25) is 0 Å². The maximum absolute atomic E-state index is 12.2. The predicted molar refractivity (Wildman–Crippen MR) is 93.3 cm³/mol. The topological polar surface area (TPSA) is 57.5 Å². The normalized spacial score (nSPS) is 57.0. The number of fused-ring (bicyclic) bond motifs is 5. The van der Waals surface area contributed by atoms with Gasteiger partial charge < -0.3 is 10.2 Å². The van der Waals surface area contributed by atoms with Crippen LogP contribution in [0.4, 0.5) is 0 Å². The lowest BCUT2D eigenvalue weighted by Gasteiger charge is -2.62. The first kappa shape index (κ1) is 17.0. The Labute approximate surface area is 146 Å². The Morgan fingerprint density at radius 3 is 2.42 bits per heavy atom. The number of carbonyl (C=O) groups excluding carboxylic acids is 1. The Morgan fingerprint density at radius 1 is 0.958 bits per heavy atom. The Hall–Kier alpha value is -0.410. The van der Waals surface area contributed by atoms with E-state index in [2.05, 4.69) is 13.8 Å². The Balaban J connectivity index is 1.65. The first-order valence-corrected chi connectivity index (χ1v) is 10.1. The maximum Gasteiger partial charge on any atom is 0.133 e. The molecule has 2 N–H and O–H groups in total. The molecule has 0 heterocycles. The smallest absolute Gasteiger partial charge is 0.133 e. The lowest BCUT2D eigenvalue weighted by Crippen LogP contribution is -2.59. The van der Waals surface area contributed by atoms with Crippen LogP contribution in [0.2, 0.25) is 0 Å². The fraction of sp³-hybridized carbons (Fsp3) is 0.952. The molecule has 9 atom stereocenters. The summed E-state index contributed by atoms with van der Waals surface area (Å²) in [7, 11) is 0. The van der Waals surface area contributed by atoms with Gasteiger partial charge >= 0.3 is 0 Å². The molecule has 0 spiro atoms. The van der Waals surface area contributed by atoms with E-state index in [0.717, 1.165) is 32.1 Å². The van der Waals surface area contributed by atoms with Crippen molar-refractivity contribution in [1.82, 2.24) is 0 Å². The molecule has 0 aromatic heterocycles. The lowest BCUT2D eigenvalue weighted by atomic mass is 9.44. The van der Waals surface area contributed by atoms with E-state index >= 15 is 0 Å². The van der Waals surface area contributed by atoms with Gasteiger partial charge in [-0.3, -0.25) is 4.79 Å². The third kappa shape index (κ3) is 2.13. The second kappa shape index (κ2) is 5.54. The van der Waals surface area contributed by atoms with Crippen LogP contribution in [0.5, 0.6) is 0 Å². The molecule has 0 bridgehead atoms. The SMILES string of the molecule is CC(=O)[C@H]1CC[C@H]2[C@@H]3CCC4CC(O)CC(O)[C@]4(C)[C@H]3CC[C@]12C. The van der Waals surface area contributed by atoms with E-state index in [4.69, 9.17) is 0 Å². The fourth-order valence-corrected chi connectivity index (χ4v) is 7.96. The monoisotopic (exact) mass is 334 g/mol. The number of rotatable bonds is 1. The number of hydrogen-bond acceptors (Lipinski definition) is 3. The van der Waals surface area contributed by atoms with Gasteiger partial charge in [0.25, 0.3) is 0 Å². The molecule has 0 amide bonds. The van der Waals surface area contributed by atoms with Crippen LogP contribution in [0.15, 0.2) is 0 Å². The highest BCUT2D eigenvalue weighted by molar-refractivity contribution is 5.79. The largest absolute Gasteiger partial charge is 0.393 e. The Bertz CT molecular complexity index is 531. The first-order chi connectivity index (χ1) is 11.3. The summed E-state index contributed by atoms with van der Waals surface area (Å²) in [6.45, 7) is 6.47. The van der Waals surface area contributed by atoms with Crippen LogP contribution < -0.4 is 0 Å². The van der Waals surface area contributed by atoms with Crippen molar-refractivity contribution < 1.29 is 15.0 Å². The van der Waals surface area contributed by atoms with Gasteiger partial charge in [0.1, 0.15) is 5.78 Å². The molecular weight excluding hydrogens is 300 g/mol. The fourth-order valence-electron chi connectivity index (χ4n) is 7.96. The third-order valence-electron chi connectivity index (χ3n) is 9.22. The van der Waals surface area contributed by atoms with Gasteiger partial charge in [-0.15, -0.1) is 0 Å². The van der Waals surface area contributed by atoms with E-state index in [1.165, 1.54) is 12.8 Å². The van der Waals surface area contributed by atoms with Crippen LogP contribution in [-0.4, -0.2) is 28.2 Å². The van der Waals surface area contributed by atoms with Crippen LogP contribution in [0, 0.1) is 40.4 Å². The number of hydrogen-bond donors (Lipinski definition) is 2. The molecule has 3 unspecified atom stereocenters. The average Bonchev–Trinajstić information content (AvgIpc) is 2.86. The summed E-state index contributed by atoms with van der Waals surface area (Å²) < 4.78 is 0. The van der Waals surface area contributed by atoms with Crippen molar-refractivity contribution in [3.63, 3.8) is 0 Å². The van der Waals surface area contributed by atoms with Gasteiger partial charge in [-0.25, -0.2) is 0 Å². The van der Waals surface area contributed by atoms with Crippen LogP contribution in [0.3, 0.4) is 0 Å². The zero-order chi connectivity index (χ0) is 17.3. The summed E-state index contributed by atoms with van der Waals surface area (Å²) in [4.78, 5) is 12.2. The number of aliphatic hydroxyl groups is 2. The second-order valence-corrected chi connectivity index (χ2v) is 9.94. The molecule has 0 radical (unpaired) electrons. The van der Waals surface area contributed by atoms with Crippen LogP contribution >= 0.6 is 0 Å². The van der Waals surface area contributed by atoms with Crippen molar-refractivity contribution in [2.75, 3.05) is 0 Å². The molecule has 4 rings (SSSR count). The number of aliphatic hydroxyl groups excluding tert-OH is 2. The van der Waals surface area contributed by atoms with Crippen molar-refractivity contribution >= 4 is 5.78 Å². The van der Waals surface area contributed by atoms with Gasteiger partial charge in [0.15, 0.2) is 0 Å². The molecule has 0 aromatic carbocycles. The summed E-state index contributed by atoms with van der Waals surface area (Å²) in [5.41, 5.74) is 0.160. The molecular formula is C21H34O3. The lowest BCUT2D eigenvalue weighted by molar-refractivity contribution is -0.181. The number of carbonyl (C=O) groups is 1. The highest BCUT2D eigenvalue weighted by atomic mass is 16.3. The van der Waals surface area contributed by atoms with Gasteiger partial charge in [-0.2, -0.15) is 0 Å². The Morgan fingerprint density at radius 2 is 1.71 bits per heavy atom. The second-order valence-electron chi connectivity index (χ2n) is 9.94. The standard InChI is InChI=1S/C21H34O3/c1-12(22)16-6-7-17-15-5-4-13-10-14(23)11-19(24)21(13,3)18(15)8-9-20(16,17)2/h13-19,23-24H,4-11H2,1-3H3/t13?,14?,15-,16+,17-,18-,19?,20+,21-/m0/s1. The molecule has 0 saturated heterocycles. The van der Waals surface area contributed by atoms with E-state index < -0.39 is 0 Å². The third-order valence-corrected chi connectivity index (χ3v) is 9.22. The zero-order valence-corrected chi connectivity index (χ0v) is 15.5. The maximum atomic E-state index is 12.2. The van der Waals surface area contributed by atoms with Gasteiger partial charge in [-0.1, -0.05) is 13.8 Å². The highest BCUT2D eigenvalue weighted by Gasteiger charge is 2.62. The van der Waals surface area contributed by atoms with Gasteiger partial charge in [-0.05, 0) is 92.8 Å². The van der Waals surface area contributed by atoms with Crippen molar-refractivity contribution in [2.45, 2.75) is 84.3 Å². The van der Waals surface area contributed by atoms with E-state index in [1.54, 1.807) is 6.92 Å². The molecule has 0 aromatic rings. The number of Topliss-reactive ketones (excluding diaryl/α,β-unsaturated/α-hetero) is 1. The van der Waals surface area contributed by atoms with Crippen molar-refractivity contribution in [1.29, 1.82) is 0 Å². The summed E-state index contributed by atoms with van der Waals surface area (Å²) >= 11 is 0. The van der Waals surface area contributed by atoms with E-state index in [9.17, 15) is 15.0 Å². The molecule has 0 aliphatic heterocycles. The minimum absolute atomic E-state index is 0.0300. The van der Waals surface area contributed by atoms with Gasteiger partial charge in [0, 0.05) is 5.92 Å². The first-order valence-electron chi connectivity index (χ1n) is 10.1. The van der Waals surface area contributed by atoms with Crippen molar-refractivity contribution in [2.24, 2.45) is 40.4 Å². The highest BCUT2D eigenvalue weighted by Crippen LogP contribution is 2.67. The van der Waals surface area contributed by atoms with E-state index in [0.29, 0.717) is 35.9 Å².